The van der Waals surface area contributed by atoms with Crippen LogP contribution in [0.3, 0.4) is 0 Å². The summed E-state index contributed by atoms with van der Waals surface area (Å²) in [5, 5.41) is -0.499. The van der Waals surface area contributed by atoms with Crippen LogP contribution in [0, 0.1) is 0 Å². The zero-order chi connectivity index (χ0) is 12.3. The molecule has 0 aliphatic heterocycles. The molecule has 0 bridgehead atoms. The van der Waals surface area contributed by atoms with E-state index in [4.69, 9.17) is 0 Å². The van der Waals surface area contributed by atoms with Gasteiger partial charge < -0.3 is 0 Å². The van der Waals surface area contributed by atoms with Gasteiger partial charge in [0, 0.05) is 5.56 Å². The average molecular weight is 238 g/mol. The Morgan fingerprint density at radius 3 is 2.50 bits per heavy atom. The van der Waals surface area contributed by atoms with Gasteiger partial charge in [0.2, 0.25) is 0 Å². The quantitative estimate of drug-likeness (QED) is 0.597. The first kappa shape index (κ1) is 12.6. The van der Waals surface area contributed by atoms with Gasteiger partial charge in [-0.1, -0.05) is 18.7 Å². The van der Waals surface area contributed by atoms with E-state index in [2.05, 4.69) is 6.58 Å². The van der Waals surface area contributed by atoms with Gasteiger partial charge in [0.25, 0.3) is 0 Å². The van der Waals surface area contributed by atoms with Gasteiger partial charge in [-0.2, -0.15) is 0 Å². The van der Waals surface area contributed by atoms with Crippen molar-refractivity contribution in [1.82, 2.24) is 0 Å². The van der Waals surface area contributed by atoms with Crippen LogP contribution in [0.2, 0.25) is 0 Å². The zero-order valence-corrected chi connectivity index (χ0v) is 10.1. The van der Waals surface area contributed by atoms with Crippen molar-refractivity contribution in [3.8, 4) is 0 Å². The van der Waals surface area contributed by atoms with Crippen LogP contribution in [0.15, 0.2) is 41.8 Å². The predicted octanol–water partition coefficient (Wildman–Crippen LogP) is 2.24. The number of hydrogen-bond donors (Lipinski definition) is 0. The average Bonchev–Trinajstić information content (AvgIpc) is 2.28. The van der Waals surface area contributed by atoms with E-state index in [0.717, 1.165) is 0 Å². The van der Waals surface area contributed by atoms with E-state index in [1.54, 1.807) is 26.0 Å². The van der Waals surface area contributed by atoms with E-state index in [-0.39, 0.29) is 10.7 Å². The van der Waals surface area contributed by atoms with Gasteiger partial charge in [-0.15, -0.1) is 0 Å². The molecule has 0 aliphatic rings. The molecule has 0 aliphatic carbocycles. The highest BCUT2D eigenvalue weighted by molar-refractivity contribution is 7.92. The second-order valence-electron chi connectivity index (χ2n) is 3.69. The van der Waals surface area contributed by atoms with Gasteiger partial charge in [-0.25, -0.2) is 8.42 Å². The molecule has 0 heterocycles. The molecule has 0 atom stereocenters. The molecule has 0 aromatic heterocycles. The zero-order valence-electron chi connectivity index (χ0n) is 9.30. The Labute approximate surface area is 95.7 Å². The van der Waals surface area contributed by atoms with Crippen molar-refractivity contribution in [2.24, 2.45) is 0 Å². The number of carbonyl (C=O) groups is 1. The molecule has 0 fully saturated rings. The first-order chi connectivity index (χ1) is 7.39. The lowest BCUT2D eigenvalue weighted by Gasteiger charge is -2.08. The number of benzene rings is 1. The molecule has 86 valence electrons. The van der Waals surface area contributed by atoms with Crippen LogP contribution < -0.4 is 0 Å². The molecule has 16 heavy (non-hydrogen) atoms. The van der Waals surface area contributed by atoms with E-state index < -0.39 is 15.1 Å². The van der Waals surface area contributed by atoms with Crippen molar-refractivity contribution in [3.63, 3.8) is 0 Å². The summed E-state index contributed by atoms with van der Waals surface area (Å²) >= 11 is 0. The van der Waals surface area contributed by atoms with Crippen molar-refractivity contribution >= 4 is 15.6 Å². The number of hydrogen-bond acceptors (Lipinski definition) is 3. The number of allylic oxidation sites excluding steroid dienone is 1. The van der Waals surface area contributed by atoms with Crippen molar-refractivity contribution in [1.29, 1.82) is 0 Å². The molecule has 0 saturated heterocycles. The van der Waals surface area contributed by atoms with Crippen LogP contribution in [0.5, 0.6) is 0 Å². The van der Waals surface area contributed by atoms with Gasteiger partial charge in [-0.3, -0.25) is 4.79 Å². The van der Waals surface area contributed by atoms with Crippen molar-refractivity contribution in [3.05, 3.63) is 42.5 Å². The molecule has 0 saturated carbocycles. The lowest BCUT2D eigenvalue weighted by Crippen LogP contribution is -2.14. The van der Waals surface area contributed by atoms with Crippen LogP contribution in [0.25, 0.3) is 0 Å². The Morgan fingerprint density at radius 1 is 1.38 bits per heavy atom. The number of carbonyl (C=O) groups excluding carboxylic acids is 1. The van der Waals surface area contributed by atoms with Crippen molar-refractivity contribution in [2.75, 3.05) is 0 Å². The molecule has 1 rings (SSSR count). The second-order valence-corrected chi connectivity index (χ2v) is 6.19. The van der Waals surface area contributed by atoms with Gasteiger partial charge >= 0.3 is 0 Å². The highest BCUT2D eigenvalue weighted by Gasteiger charge is 2.19. The molecule has 0 radical (unpaired) electrons. The minimum Gasteiger partial charge on any atom is -0.289 e. The summed E-state index contributed by atoms with van der Waals surface area (Å²) in [6, 6.07) is 6.02. The lowest BCUT2D eigenvalue weighted by atomic mass is 10.1. The molecule has 1 aromatic rings. The Hall–Kier alpha value is -1.42. The summed E-state index contributed by atoms with van der Waals surface area (Å²) in [6.07, 6.45) is 1.17. The number of sulfone groups is 1. The summed E-state index contributed by atoms with van der Waals surface area (Å²) < 4.78 is 23.7. The van der Waals surface area contributed by atoms with E-state index in [1.807, 2.05) is 0 Å². The molecule has 1 aromatic carbocycles. The predicted molar refractivity (Wildman–Crippen MR) is 63.3 cm³/mol. The van der Waals surface area contributed by atoms with Gasteiger partial charge in [0.15, 0.2) is 15.6 Å². The second kappa shape index (κ2) is 4.61. The first-order valence-electron chi connectivity index (χ1n) is 4.90. The summed E-state index contributed by atoms with van der Waals surface area (Å²) in [4.78, 5) is 11.5. The maximum atomic E-state index is 11.9. The molecular weight excluding hydrogens is 224 g/mol. The first-order valence-corrected chi connectivity index (χ1v) is 6.45. The molecular formula is C12H14O3S. The highest BCUT2D eigenvalue weighted by Crippen LogP contribution is 2.17. The largest absolute Gasteiger partial charge is 0.289 e. The summed E-state index contributed by atoms with van der Waals surface area (Å²) in [5.41, 5.74) is 0.344. The third-order valence-electron chi connectivity index (χ3n) is 2.25. The Balaban J connectivity index is 3.29. The topological polar surface area (TPSA) is 51.2 Å². The number of ketones is 1. The fourth-order valence-electron chi connectivity index (χ4n) is 1.22. The molecule has 3 nitrogen and oxygen atoms in total. The van der Waals surface area contributed by atoms with E-state index >= 15 is 0 Å². The monoisotopic (exact) mass is 238 g/mol. The van der Waals surface area contributed by atoms with Gasteiger partial charge in [-0.05, 0) is 32.1 Å². The Morgan fingerprint density at radius 2 is 2.00 bits per heavy atom. The van der Waals surface area contributed by atoms with Crippen molar-refractivity contribution < 1.29 is 13.2 Å². The van der Waals surface area contributed by atoms with Crippen LogP contribution >= 0.6 is 0 Å². The SMILES string of the molecule is C=CC(=O)c1cccc(S(=O)(=O)C(C)C)c1. The third kappa shape index (κ3) is 2.39. The molecule has 0 N–H and O–H groups in total. The fraction of sp³-hybridized carbons (Fsp3) is 0.250. The van der Waals surface area contributed by atoms with Gasteiger partial charge in [0.1, 0.15) is 0 Å². The number of rotatable bonds is 4. The standard InChI is InChI=1S/C12H14O3S/c1-4-12(13)10-6-5-7-11(8-10)16(14,15)9(2)3/h4-9H,1H2,2-3H3. The fourth-order valence-corrected chi connectivity index (χ4v) is 2.32. The van der Waals surface area contributed by atoms with E-state index in [0.29, 0.717) is 5.56 Å². The Kier molecular flexibility index (Phi) is 3.65. The van der Waals surface area contributed by atoms with E-state index in [9.17, 15) is 13.2 Å². The van der Waals surface area contributed by atoms with Crippen LogP contribution in [-0.2, 0) is 9.84 Å². The lowest BCUT2D eigenvalue weighted by molar-refractivity contribution is 0.104. The molecule has 4 heteroatoms. The van der Waals surface area contributed by atoms with Crippen LogP contribution in [0.4, 0.5) is 0 Å². The highest BCUT2D eigenvalue weighted by atomic mass is 32.2. The third-order valence-corrected chi connectivity index (χ3v) is 4.41. The van der Waals surface area contributed by atoms with Crippen molar-refractivity contribution in [2.45, 2.75) is 24.0 Å². The molecule has 0 unspecified atom stereocenters. The minimum absolute atomic E-state index is 0.176. The molecule has 0 spiro atoms. The summed E-state index contributed by atoms with van der Waals surface area (Å²) in [7, 11) is -3.33. The molecule has 0 amide bonds. The Bertz CT molecular complexity index is 513. The summed E-state index contributed by atoms with van der Waals surface area (Å²) in [6.45, 7) is 6.58. The maximum Gasteiger partial charge on any atom is 0.185 e. The van der Waals surface area contributed by atoms with E-state index in [1.165, 1.54) is 18.2 Å². The normalized spacial score (nSPS) is 11.4. The summed E-state index contributed by atoms with van der Waals surface area (Å²) in [5.74, 6) is -0.277. The van der Waals surface area contributed by atoms with Crippen LogP contribution in [0.1, 0.15) is 24.2 Å². The van der Waals surface area contributed by atoms with Gasteiger partial charge in [0.05, 0.1) is 10.1 Å². The maximum absolute atomic E-state index is 11.9. The minimum atomic E-state index is -3.33. The van der Waals surface area contributed by atoms with Crippen LogP contribution in [-0.4, -0.2) is 19.5 Å². The smallest absolute Gasteiger partial charge is 0.185 e.